The summed E-state index contributed by atoms with van der Waals surface area (Å²) >= 11 is 1.73. The highest BCUT2D eigenvalue weighted by Crippen LogP contribution is 2.19. The van der Waals surface area contributed by atoms with E-state index < -0.39 is 29.4 Å². The first kappa shape index (κ1) is 15.8. The molecule has 4 nitrogen and oxygen atoms in total. The van der Waals surface area contributed by atoms with E-state index in [4.69, 9.17) is 5.11 Å². The molecule has 0 aliphatic heterocycles. The van der Waals surface area contributed by atoms with Gasteiger partial charge in [-0.1, -0.05) is 6.92 Å². The summed E-state index contributed by atoms with van der Waals surface area (Å²) < 4.78 is 26.4. The molecule has 0 aliphatic carbocycles. The van der Waals surface area contributed by atoms with Crippen LogP contribution in [-0.2, 0) is 4.79 Å². The van der Waals surface area contributed by atoms with Crippen LogP contribution in [0.3, 0.4) is 0 Å². The van der Waals surface area contributed by atoms with E-state index in [1.807, 2.05) is 0 Å². The van der Waals surface area contributed by atoms with Gasteiger partial charge in [-0.05, 0) is 34.7 Å². The second-order valence-corrected chi connectivity index (χ2v) is 5.33. The first-order valence-corrected chi connectivity index (χ1v) is 6.44. The molecule has 1 atom stereocenters. The van der Waals surface area contributed by atoms with E-state index in [0.29, 0.717) is 0 Å². The van der Waals surface area contributed by atoms with Crippen molar-refractivity contribution in [1.29, 1.82) is 0 Å². The van der Waals surface area contributed by atoms with Crippen LogP contribution in [0.2, 0.25) is 0 Å². The highest BCUT2D eigenvalue weighted by molar-refractivity contribution is 14.1. The molecular formula is C12H12F2INO3. The van der Waals surface area contributed by atoms with Gasteiger partial charge in [0.1, 0.15) is 0 Å². The fourth-order valence-corrected chi connectivity index (χ4v) is 2.12. The van der Waals surface area contributed by atoms with Crippen molar-refractivity contribution in [1.82, 2.24) is 4.90 Å². The number of benzene rings is 1. The van der Waals surface area contributed by atoms with Gasteiger partial charge in [0.15, 0.2) is 11.6 Å². The summed E-state index contributed by atoms with van der Waals surface area (Å²) in [6.07, 6.45) is 0. The number of carbonyl (C=O) groups excluding carboxylic acids is 1. The van der Waals surface area contributed by atoms with Crippen molar-refractivity contribution in [3.63, 3.8) is 0 Å². The summed E-state index contributed by atoms with van der Waals surface area (Å²) in [6.45, 7) is 1.45. The summed E-state index contributed by atoms with van der Waals surface area (Å²) in [6, 6.07) is 1.75. The summed E-state index contributed by atoms with van der Waals surface area (Å²) in [4.78, 5) is 23.9. The third kappa shape index (κ3) is 3.85. The molecule has 0 spiro atoms. The molecule has 19 heavy (non-hydrogen) atoms. The van der Waals surface area contributed by atoms with Gasteiger partial charge in [0, 0.05) is 17.2 Å². The van der Waals surface area contributed by atoms with Gasteiger partial charge in [0.2, 0.25) is 0 Å². The lowest BCUT2D eigenvalue weighted by molar-refractivity contribution is -0.141. The largest absolute Gasteiger partial charge is 0.481 e. The number of nitrogens with zero attached hydrogens (tertiary/aromatic N) is 1. The van der Waals surface area contributed by atoms with Crippen molar-refractivity contribution >= 4 is 34.5 Å². The number of halogens is 3. The lowest BCUT2D eigenvalue weighted by Gasteiger charge is -2.20. The van der Waals surface area contributed by atoms with E-state index in [1.54, 1.807) is 22.6 Å². The number of aliphatic carboxylic acids is 1. The van der Waals surface area contributed by atoms with Gasteiger partial charge >= 0.3 is 5.97 Å². The average Bonchev–Trinajstić information content (AvgIpc) is 2.32. The summed E-state index contributed by atoms with van der Waals surface area (Å²) in [5, 5.41) is 8.77. The lowest BCUT2D eigenvalue weighted by atomic mass is 10.1. The second kappa shape index (κ2) is 6.27. The summed E-state index contributed by atoms with van der Waals surface area (Å²) in [5.41, 5.74) is 0.0135. The number of amides is 1. The Hall–Kier alpha value is -1.25. The highest BCUT2D eigenvalue weighted by Gasteiger charge is 2.21. The molecule has 1 unspecified atom stereocenters. The minimum absolute atomic E-state index is 0.0107. The van der Waals surface area contributed by atoms with E-state index in [9.17, 15) is 18.4 Å². The van der Waals surface area contributed by atoms with Crippen molar-refractivity contribution in [2.75, 3.05) is 13.6 Å². The average molecular weight is 383 g/mol. The van der Waals surface area contributed by atoms with E-state index in [0.717, 1.165) is 12.1 Å². The maximum absolute atomic E-state index is 13.1. The van der Waals surface area contributed by atoms with Gasteiger partial charge < -0.3 is 10.0 Å². The Kier molecular flexibility index (Phi) is 5.21. The molecule has 0 aliphatic rings. The first-order chi connectivity index (χ1) is 8.73. The molecule has 104 valence electrons. The third-order valence-corrected chi connectivity index (χ3v) is 3.45. The Balaban J connectivity index is 2.94. The van der Waals surface area contributed by atoms with Gasteiger partial charge in [-0.3, -0.25) is 9.59 Å². The molecule has 0 radical (unpaired) electrons. The zero-order chi connectivity index (χ0) is 14.7. The molecule has 0 fully saturated rings. The zero-order valence-corrected chi connectivity index (χ0v) is 12.4. The molecule has 1 rings (SSSR count). The first-order valence-electron chi connectivity index (χ1n) is 5.36. The van der Waals surface area contributed by atoms with Crippen molar-refractivity contribution in [3.05, 3.63) is 32.9 Å². The molecule has 1 amide bonds. The molecular weight excluding hydrogens is 371 g/mol. The van der Waals surface area contributed by atoms with Gasteiger partial charge in [-0.2, -0.15) is 0 Å². The number of hydrogen-bond donors (Lipinski definition) is 1. The summed E-state index contributed by atoms with van der Waals surface area (Å²) in [5.74, 6) is -4.45. The predicted octanol–water partition coefficient (Wildman–Crippen LogP) is 2.36. The molecule has 0 saturated heterocycles. The Morgan fingerprint density at radius 2 is 1.89 bits per heavy atom. The van der Waals surface area contributed by atoms with E-state index >= 15 is 0 Å². The fourth-order valence-electron chi connectivity index (χ4n) is 1.46. The maximum atomic E-state index is 13.1. The quantitative estimate of drug-likeness (QED) is 0.642. The Labute approximate surface area is 122 Å². The molecule has 0 heterocycles. The number of carboxylic acids is 1. The van der Waals surface area contributed by atoms with Gasteiger partial charge in [-0.15, -0.1) is 0 Å². The van der Waals surface area contributed by atoms with Crippen molar-refractivity contribution < 1.29 is 23.5 Å². The van der Waals surface area contributed by atoms with Crippen molar-refractivity contribution in [2.45, 2.75) is 6.92 Å². The van der Waals surface area contributed by atoms with Crippen LogP contribution in [0.4, 0.5) is 8.78 Å². The number of hydrogen-bond acceptors (Lipinski definition) is 2. The predicted molar refractivity (Wildman–Crippen MR) is 72.8 cm³/mol. The van der Waals surface area contributed by atoms with Crippen LogP contribution in [0.25, 0.3) is 0 Å². The van der Waals surface area contributed by atoms with E-state index in [-0.39, 0.29) is 15.7 Å². The zero-order valence-electron chi connectivity index (χ0n) is 10.3. The molecule has 1 N–H and O–H groups in total. The molecule has 0 bridgehead atoms. The second-order valence-electron chi connectivity index (χ2n) is 4.17. The Morgan fingerprint density at radius 3 is 2.42 bits per heavy atom. The maximum Gasteiger partial charge on any atom is 0.308 e. The lowest BCUT2D eigenvalue weighted by Crippen LogP contribution is -2.34. The van der Waals surface area contributed by atoms with Crippen LogP contribution in [-0.4, -0.2) is 35.5 Å². The SMILES string of the molecule is CC(CN(C)C(=O)c1cc(F)c(F)cc1I)C(=O)O. The Bertz CT molecular complexity index is 522. The fraction of sp³-hybridized carbons (Fsp3) is 0.333. The highest BCUT2D eigenvalue weighted by atomic mass is 127. The van der Waals surface area contributed by atoms with Crippen LogP contribution in [0, 0.1) is 21.1 Å². The summed E-state index contributed by atoms with van der Waals surface area (Å²) in [7, 11) is 1.42. The van der Waals surface area contributed by atoms with Crippen molar-refractivity contribution in [3.8, 4) is 0 Å². The van der Waals surface area contributed by atoms with Crippen molar-refractivity contribution in [2.24, 2.45) is 5.92 Å². The molecule has 0 saturated carbocycles. The Morgan fingerprint density at radius 1 is 1.37 bits per heavy atom. The van der Waals surface area contributed by atoms with Gasteiger partial charge in [0.05, 0.1) is 11.5 Å². The van der Waals surface area contributed by atoms with Crippen LogP contribution in [0.5, 0.6) is 0 Å². The number of rotatable bonds is 4. The third-order valence-electron chi connectivity index (χ3n) is 2.56. The number of carbonyl (C=O) groups is 2. The van der Waals surface area contributed by atoms with Crippen LogP contribution in [0.15, 0.2) is 12.1 Å². The monoisotopic (exact) mass is 383 g/mol. The topological polar surface area (TPSA) is 57.6 Å². The van der Waals surface area contributed by atoms with E-state index in [2.05, 4.69) is 0 Å². The van der Waals surface area contributed by atoms with Crippen LogP contribution in [0.1, 0.15) is 17.3 Å². The standard InChI is InChI=1S/C12H12F2INO3/c1-6(12(18)19)5-16(2)11(17)7-3-8(13)9(14)4-10(7)15/h3-4,6H,5H2,1-2H3,(H,18,19). The molecule has 1 aromatic rings. The molecule has 0 aromatic heterocycles. The number of carboxylic acid groups (broad SMARTS) is 1. The van der Waals surface area contributed by atoms with E-state index in [1.165, 1.54) is 18.9 Å². The minimum Gasteiger partial charge on any atom is -0.481 e. The van der Waals surface area contributed by atoms with Gasteiger partial charge in [0.25, 0.3) is 5.91 Å². The van der Waals surface area contributed by atoms with Gasteiger partial charge in [-0.25, -0.2) is 8.78 Å². The smallest absolute Gasteiger partial charge is 0.308 e. The molecule has 1 aromatic carbocycles. The molecule has 7 heteroatoms. The minimum atomic E-state index is -1.11. The normalized spacial score (nSPS) is 12.1. The van der Waals surface area contributed by atoms with Crippen LogP contribution < -0.4 is 0 Å². The van der Waals surface area contributed by atoms with Crippen LogP contribution >= 0.6 is 22.6 Å².